The Balaban J connectivity index is 2.51. The van der Waals surface area contributed by atoms with E-state index in [0.29, 0.717) is 19.6 Å². The van der Waals surface area contributed by atoms with E-state index >= 15 is 0 Å². The first-order chi connectivity index (χ1) is 10.1. The molecule has 0 aromatic heterocycles. The third-order valence-corrected chi connectivity index (χ3v) is 3.08. The van der Waals surface area contributed by atoms with Crippen molar-refractivity contribution in [3.05, 3.63) is 35.4 Å². The first-order valence-electron chi connectivity index (χ1n) is 7.04. The number of carbonyl (C=O) groups is 2. The smallest absolute Gasteiger partial charge is 0.335 e. The molecule has 0 radical (unpaired) electrons. The van der Waals surface area contributed by atoms with E-state index in [1.807, 2.05) is 6.92 Å². The SMILES string of the molecule is CCCCN(CCO)C(=O)NCc1ccc(C(=O)O)cc1. The van der Waals surface area contributed by atoms with Crippen molar-refractivity contribution in [1.29, 1.82) is 0 Å². The third-order valence-electron chi connectivity index (χ3n) is 3.08. The summed E-state index contributed by atoms with van der Waals surface area (Å²) < 4.78 is 0. The maximum atomic E-state index is 12.0. The van der Waals surface area contributed by atoms with E-state index in [4.69, 9.17) is 10.2 Å². The van der Waals surface area contributed by atoms with Gasteiger partial charge in [0.25, 0.3) is 0 Å². The number of aliphatic hydroxyl groups is 1. The largest absolute Gasteiger partial charge is 0.478 e. The molecule has 0 bridgehead atoms. The summed E-state index contributed by atoms with van der Waals surface area (Å²) in [6.45, 7) is 3.22. The number of urea groups is 1. The zero-order chi connectivity index (χ0) is 15.7. The van der Waals surface area contributed by atoms with Crippen LogP contribution in [0.2, 0.25) is 0 Å². The van der Waals surface area contributed by atoms with E-state index in [1.54, 1.807) is 17.0 Å². The normalized spacial score (nSPS) is 10.2. The molecule has 1 aromatic rings. The second-order valence-electron chi connectivity index (χ2n) is 4.72. The highest BCUT2D eigenvalue weighted by Gasteiger charge is 2.11. The lowest BCUT2D eigenvalue weighted by Gasteiger charge is -2.22. The van der Waals surface area contributed by atoms with Crippen LogP contribution in [0.15, 0.2) is 24.3 Å². The van der Waals surface area contributed by atoms with E-state index in [9.17, 15) is 9.59 Å². The highest BCUT2D eigenvalue weighted by atomic mass is 16.4. The molecule has 0 aliphatic rings. The van der Waals surface area contributed by atoms with Crippen LogP contribution in [-0.4, -0.2) is 46.8 Å². The standard InChI is InChI=1S/C15H22N2O4/c1-2-3-8-17(9-10-18)15(21)16-11-12-4-6-13(7-5-12)14(19)20/h4-7,18H,2-3,8-11H2,1H3,(H,16,21)(H,19,20). The molecule has 2 amide bonds. The molecule has 0 aliphatic heterocycles. The molecule has 0 aliphatic carbocycles. The van der Waals surface area contributed by atoms with Crippen LogP contribution in [0.5, 0.6) is 0 Å². The van der Waals surface area contributed by atoms with Gasteiger partial charge in [0, 0.05) is 19.6 Å². The number of hydrogen-bond donors (Lipinski definition) is 3. The zero-order valence-electron chi connectivity index (χ0n) is 12.2. The van der Waals surface area contributed by atoms with E-state index in [2.05, 4.69) is 5.32 Å². The van der Waals surface area contributed by atoms with Gasteiger partial charge in [-0.1, -0.05) is 25.5 Å². The van der Waals surface area contributed by atoms with Gasteiger partial charge in [0.05, 0.1) is 12.2 Å². The van der Waals surface area contributed by atoms with Crippen molar-refractivity contribution in [2.24, 2.45) is 0 Å². The number of unbranched alkanes of at least 4 members (excludes halogenated alkanes) is 1. The lowest BCUT2D eigenvalue weighted by molar-refractivity contribution is 0.0697. The fourth-order valence-electron chi connectivity index (χ4n) is 1.84. The van der Waals surface area contributed by atoms with Gasteiger partial charge >= 0.3 is 12.0 Å². The molecule has 0 unspecified atom stereocenters. The molecule has 0 spiro atoms. The number of hydrogen-bond acceptors (Lipinski definition) is 3. The molecule has 0 fully saturated rings. The molecular weight excluding hydrogens is 272 g/mol. The Hall–Kier alpha value is -2.08. The third kappa shape index (κ3) is 5.83. The molecule has 3 N–H and O–H groups in total. The quantitative estimate of drug-likeness (QED) is 0.680. The van der Waals surface area contributed by atoms with Gasteiger partial charge in [-0.25, -0.2) is 9.59 Å². The van der Waals surface area contributed by atoms with Gasteiger partial charge < -0.3 is 20.4 Å². The summed E-state index contributed by atoms with van der Waals surface area (Å²) in [7, 11) is 0. The first-order valence-corrected chi connectivity index (χ1v) is 7.04. The molecule has 1 aromatic carbocycles. The monoisotopic (exact) mass is 294 g/mol. The van der Waals surface area contributed by atoms with Crippen LogP contribution in [0.25, 0.3) is 0 Å². The van der Waals surface area contributed by atoms with Gasteiger partial charge in [-0.05, 0) is 24.1 Å². The number of nitrogens with one attached hydrogen (secondary N) is 1. The summed E-state index contributed by atoms with van der Waals surface area (Å²) >= 11 is 0. The van der Waals surface area contributed by atoms with Crippen LogP contribution in [0.4, 0.5) is 4.79 Å². The molecular formula is C15H22N2O4. The summed E-state index contributed by atoms with van der Waals surface area (Å²) in [5.74, 6) is -0.973. The highest BCUT2D eigenvalue weighted by Crippen LogP contribution is 2.05. The lowest BCUT2D eigenvalue weighted by atomic mass is 10.1. The van der Waals surface area contributed by atoms with Crippen molar-refractivity contribution in [1.82, 2.24) is 10.2 Å². The van der Waals surface area contributed by atoms with Gasteiger partial charge in [-0.2, -0.15) is 0 Å². The predicted molar refractivity (Wildman–Crippen MR) is 79.2 cm³/mol. The summed E-state index contributed by atoms with van der Waals surface area (Å²) in [6.07, 6.45) is 1.87. The van der Waals surface area contributed by atoms with Crippen molar-refractivity contribution < 1.29 is 19.8 Å². The number of carboxylic acid groups (broad SMARTS) is 1. The Morgan fingerprint density at radius 1 is 1.19 bits per heavy atom. The molecule has 6 nitrogen and oxygen atoms in total. The van der Waals surface area contributed by atoms with Crippen LogP contribution in [0.3, 0.4) is 0 Å². The van der Waals surface area contributed by atoms with Crippen molar-refractivity contribution >= 4 is 12.0 Å². The second-order valence-corrected chi connectivity index (χ2v) is 4.72. The number of carbonyl (C=O) groups excluding carboxylic acids is 1. The number of nitrogens with zero attached hydrogens (tertiary/aromatic N) is 1. The van der Waals surface area contributed by atoms with Crippen LogP contribution < -0.4 is 5.32 Å². The van der Waals surface area contributed by atoms with Gasteiger partial charge in [0.1, 0.15) is 0 Å². The van der Waals surface area contributed by atoms with E-state index in [-0.39, 0.29) is 18.2 Å². The van der Waals surface area contributed by atoms with E-state index in [1.165, 1.54) is 12.1 Å². The topological polar surface area (TPSA) is 89.9 Å². The van der Waals surface area contributed by atoms with Crippen LogP contribution in [0, 0.1) is 0 Å². The minimum Gasteiger partial charge on any atom is -0.478 e. The van der Waals surface area contributed by atoms with Crippen molar-refractivity contribution in [3.8, 4) is 0 Å². The number of aliphatic hydroxyl groups excluding tert-OH is 1. The highest BCUT2D eigenvalue weighted by molar-refractivity contribution is 5.87. The second kappa shape index (κ2) is 8.97. The van der Waals surface area contributed by atoms with Crippen molar-refractivity contribution in [2.45, 2.75) is 26.3 Å². The first kappa shape index (κ1) is 17.0. The molecule has 0 heterocycles. The number of amides is 2. The van der Waals surface area contributed by atoms with E-state index < -0.39 is 5.97 Å². The fraction of sp³-hybridized carbons (Fsp3) is 0.467. The molecule has 116 valence electrons. The van der Waals surface area contributed by atoms with Gasteiger partial charge in [0.2, 0.25) is 0 Å². The number of carboxylic acids is 1. The summed E-state index contributed by atoms with van der Waals surface area (Å²) in [6, 6.07) is 6.14. The average Bonchev–Trinajstić information content (AvgIpc) is 2.49. The van der Waals surface area contributed by atoms with Crippen LogP contribution in [-0.2, 0) is 6.54 Å². The molecule has 21 heavy (non-hydrogen) atoms. The fourth-order valence-corrected chi connectivity index (χ4v) is 1.84. The number of aromatic carboxylic acids is 1. The summed E-state index contributed by atoms with van der Waals surface area (Å²) in [4.78, 5) is 24.3. The Morgan fingerprint density at radius 2 is 1.86 bits per heavy atom. The minimum atomic E-state index is -0.973. The van der Waals surface area contributed by atoms with Crippen molar-refractivity contribution in [3.63, 3.8) is 0 Å². The van der Waals surface area contributed by atoms with E-state index in [0.717, 1.165) is 18.4 Å². The Kier molecular flexibility index (Phi) is 7.25. The molecule has 6 heteroatoms. The van der Waals surface area contributed by atoms with Gasteiger partial charge in [-0.15, -0.1) is 0 Å². The molecule has 0 saturated carbocycles. The Morgan fingerprint density at radius 3 is 2.38 bits per heavy atom. The van der Waals surface area contributed by atoms with Crippen LogP contribution in [0.1, 0.15) is 35.7 Å². The summed E-state index contributed by atoms with van der Waals surface area (Å²) in [5, 5.41) is 20.6. The number of benzene rings is 1. The maximum absolute atomic E-state index is 12.0. The Bertz CT molecular complexity index is 459. The van der Waals surface area contributed by atoms with Gasteiger partial charge in [-0.3, -0.25) is 0 Å². The lowest BCUT2D eigenvalue weighted by Crippen LogP contribution is -2.41. The van der Waals surface area contributed by atoms with Crippen molar-refractivity contribution in [2.75, 3.05) is 19.7 Å². The van der Waals surface area contributed by atoms with Crippen LogP contribution >= 0.6 is 0 Å². The molecule has 1 rings (SSSR count). The summed E-state index contributed by atoms with van der Waals surface area (Å²) in [5.41, 5.74) is 1.04. The molecule has 0 atom stereocenters. The Labute approximate surface area is 124 Å². The maximum Gasteiger partial charge on any atom is 0.335 e. The predicted octanol–water partition coefficient (Wildman–Crippen LogP) is 1.69. The van der Waals surface area contributed by atoms with Gasteiger partial charge in [0.15, 0.2) is 0 Å². The minimum absolute atomic E-state index is 0.0650. The zero-order valence-corrected chi connectivity index (χ0v) is 12.2. The molecule has 0 saturated heterocycles. The number of rotatable bonds is 8. The average molecular weight is 294 g/mol.